The Morgan fingerprint density at radius 3 is 2.86 bits per heavy atom. The minimum absolute atomic E-state index is 0.104. The van der Waals surface area contributed by atoms with Gasteiger partial charge in [-0.3, -0.25) is 9.36 Å². The van der Waals surface area contributed by atoms with E-state index in [1.54, 1.807) is 23.7 Å². The summed E-state index contributed by atoms with van der Waals surface area (Å²) in [4.78, 5) is 25.8. The van der Waals surface area contributed by atoms with Crippen LogP contribution in [0.4, 0.5) is 5.69 Å². The largest absolute Gasteiger partial charge is 0.474 e. The number of hydrogen-bond acceptors (Lipinski definition) is 5. The molecule has 9 heteroatoms. The quantitative estimate of drug-likeness (QED) is 0.712. The van der Waals surface area contributed by atoms with E-state index in [1.807, 2.05) is 6.92 Å². The highest BCUT2D eigenvalue weighted by Crippen LogP contribution is 2.34. The number of hydrogen-bond donors (Lipinski definition) is 0. The summed E-state index contributed by atoms with van der Waals surface area (Å²) in [7, 11) is 3.36. The van der Waals surface area contributed by atoms with Crippen LogP contribution in [-0.4, -0.2) is 43.2 Å². The number of ether oxygens (including phenoxy) is 1. The van der Waals surface area contributed by atoms with Gasteiger partial charge in [0.25, 0.3) is 0 Å². The fourth-order valence-electron chi connectivity index (χ4n) is 2.44. The Labute approximate surface area is 120 Å². The summed E-state index contributed by atoms with van der Waals surface area (Å²) >= 11 is 0. The van der Waals surface area contributed by atoms with E-state index in [1.165, 1.54) is 10.9 Å². The number of rotatable bonds is 2. The normalized spacial score (nSPS) is 14.0. The molecule has 21 heavy (non-hydrogen) atoms. The van der Waals surface area contributed by atoms with Crippen LogP contribution in [0.5, 0.6) is 5.88 Å². The number of amides is 1. The molecule has 3 rings (SSSR count). The lowest BCUT2D eigenvalue weighted by molar-refractivity contribution is -0.119. The van der Waals surface area contributed by atoms with E-state index < -0.39 is 0 Å². The summed E-state index contributed by atoms with van der Waals surface area (Å²) in [6.45, 7) is 2.54. The first kappa shape index (κ1) is 13.4. The summed E-state index contributed by atoms with van der Waals surface area (Å²) in [5.41, 5.74) is 1.06. The average Bonchev–Trinajstić information content (AvgIpc) is 2.93. The number of aromatic nitrogens is 5. The van der Waals surface area contributed by atoms with Gasteiger partial charge in [-0.1, -0.05) is 0 Å². The van der Waals surface area contributed by atoms with Crippen LogP contribution in [0.25, 0.3) is 0 Å². The average molecular weight is 292 g/mol. The molecule has 112 valence electrons. The van der Waals surface area contributed by atoms with Gasteiger partial charge in [0.15, 0.2) is 0 Å². The molecule has 2 aromatic heterocycles. The van der Waals surface area contributed by atoms with Crippen LogP contribution < -0.4 is 15.3 Å². The van der Waals surface area contributed by atoms with Gasteiger partial charge >= 0.3 is 5.69 Å². The standard InChI is InChI=1S/C12H16N6O3/c1-8-10-11(16(3)14-8)21-5-4-17(10)9(19)6-18-12(20)15(2)7-13-18/h7H,4-6H2,1-3H3. The second-order valence-electron chi connectivity index (χ2n) is 4.94. The van der Waals surface area contributed by atoms with E-state index in [4.69, 9.17) is 4.74 Å². The molecular formula is C12H16N6O3. The molecule has 0 spiro atoms. The van der Waals surface area contributed by atoms with Crippen LogP contribution >= 0.6 is 0 Å². The maximum Gasteiger partial charge on any atom is 0.345 e. The fourth-order valence-corrected chi connectivity index (χ4v) is 2.44. The first-order valence-corrected chi connectivity index (χ1v) is 6.54. The molecule has 0 unspecified atom stereocenters. The first-order valence-electron chi connectivity index (χ1n) is 6.54. The molecule has 0 aliphatic carbocycles. The predicted molar refractivity (Wildman–Crippen MR) is 73.3 cm³/mol. The van der Waals surface area contributed by atoms with Crippen molar-refractivity contribution in [1.29, 1.82) is 0 Å². The zero-order valence-corrected chi connectivity index (χ0v) is 12.1. The summed E-state index contributed by atoms with van der Waals surface area (Å²) in [5.74, 6) is 0.358. The summed E-state index contributed by atoms with van der Waals surface area (Å²) in [6.07, 6.45) is 1.38. The molecule has 1 aliphatic heterocycles. The number of anilines is 1. The molecule has 0 atom stereocenters. The van der Waals surface area contributed by atoms with Crippen molar-refractivity contribution < 1.29 is 9.53 Å². The highest BCUT2D eigenvalue weighted by Gasteiger charge is 2.29. The maximum absolute atomic E-state index is 12.5. The van der Waals surface area contributed by atoms with Crippen molar-refractivity contribution >= 4 is 11.6 Å². The SMILES string of the molecule is Cc1nn(C)c2c1N(C(=O)Cn1ncn(C)c1=O)CCO2. The van der Waals surface area contributed by atoms with Gasteiger partial charge in [0.1, 0.15) is 25.2 Å². The molecule has 0 aromatic carbocycles. The lowest BCUT2D eigenvalue weighted by Crippen LogP contribution is -2.41. The van der Waals surface area contributed by atoms with Crippen LogP contribution in [0, 0.1) is 6.92 Å². The summed E-state index contributed by atoms with van der Waals surface area (Å²) in [6, 6.07) is 0. The van der Waals surface area contributed by atoms with E-state index in [-0.39, 0.29) is 18.1 Å². The maximum atomic E-state index is 12.5. The second-order valence-corrected chi connectivity index (χ2v) is 4.94. The molecule has 0 fully saturated rings. The molecule has 0 N–H and O–H groups in total. The smallest absolute Gasteiger partial charge is 0.345 e. The van der Waals surface area contributed by atoms with Crippen molar-refractivity contribution in [3.05, 3.63) is 22.5 Å². The molecule has 1 aliphatic rings. The number of carbonyl (C=O) groups excluding carboxylic acids is 1. The van der Waals surface area contributed by atoms with Crippen LogP contribution in [0.1, 0.15) is 5.69 Å². The molecule has 0 bridgehead atoms. The first-order chi connectivity index (χ1) is 9.99. The van der Waals surface area contributed by atoms with E-state index >= 15 is 0 Å². The van der Waals surface area contributed by atoms with Crippen molar-refractivity contribution in [1.82, 2.24) is 24.1 Å². The summed E-state index contributed by atoms with van der Waals surface area (Å²) < 4.78 is 9.63. The topological polar surface area (TPSA) is 87.2 Å². The molecule has 0 saturated heterocycles. The number of carbonyl (C=O) groups is 1. The number of fused-ring (bicyclic) bond motifs is 1. The highest BCUT2D eigenvalue weighted by atomic mass is 16.5. The van der Waals surface area contributed by atoms with Crippen LogP contribution in [0.15, 0.2) is 11.1 Å². The lowest BCUT2D eigenvalue weighted by Gasteiger charge is -2.27. The van der Waals surface area contributed by atoms with E-state index in [0.717, 1.165) is 4.68 Å². The van der Waals surface area contributed by atoms with Gasteiger partial charge in [0.2, 0.25) is 11.8 Å². The number of aryl methyl sites for hydroxylation is 3. The van der Waals surface area contributed by atoms with Gasteiger partial charge in [-0.25, -0.2) is 14.2 Å². The Morgan fingerprint density at radius 2 is 2.19 bits per heavy atom. The number of nitrogens with zero attached hydrogens (tertiary/aromatic N) is 6. The van der Waals surface area contributed by atoms with Crippen LogP contribution in [-0.2, 0) is 25.4 Å². The van der Waals surface area contributed by atoms with E-state index in [2.05, 4.69) is 10.2 Å². The van der Waals surface area contributed by atoms with Gasteiger partial charge in [-0.2, -0.15) is 10.2 Å². The van der Waals surface area contributed by atoms with Crippen LogP contribution in [0.2, 0.25) is 0 Å². The Balaban J connectivity index is 1.90. The molecular weight excluding hydrogens is 276 g/mol. The summed E-state index contributed by atoms with van der Waals surface area (Å²) in [5, 5.41) is 8.16. The van der Waals surface area contributed by atoms with Gasteiger partial charge in [0.05, 0.1) is 12.2 Å². The third-order valence-electron chi connectivity index (χ3n) is 3.44. The Morgan fingerprint density at radius 1 is 1.43 bits per heavy atom. The molecule has 3 heterocycles. The van der Waals surface area contributed by atoms with Gasteiger partial charge in [0, 0.05) is 14.1 Å². The van der Waals surface area contributed by atoms with E-state index in [9.17, 15) is 9.59 Å². The Hall–Kier alpha value is -2.58. The minimum Gasteiger partial charge on any atom is -0.474 e. The third kappa shape index (κ3) is 2.10. The zero-order chi connectivity index (χ0) is 15.1. The van der Waals surface area contributed by atoms with Gasteiger partial charge < -0.3 is 9.64 Å². The monoisotopic (exact) mass is 292 g/mol. The second kappa shape index (κ2) is 4.76. The Bertz CT molecular complexity index is 756. The fraction of sp³-hybridized carbons (Fsp3) is 0.500. The minimum atomic E-state index is -0.320. The van der Waals surface area contributed by atoms with Crippen molar-refractivity contribution in [3.63, 3.8) is 0 Å². The molecule has 9 nitrogen and oxygen atoms in total. The lowest BCUT2D eigenvalue weighted by atomic mass is 10.3. The van der Waals surface area contributed by atoms with Crippen molar-refractivity contribution in [2.75, 3.05) is 18.1 Å². The van der Waals surface area contributed by atoms with Crippen molar-refractivity contribution in [2.24, 2.45) is 14.1 Å². The van der Waals surface area contributed by atoms with Crippen LogP contribution in [0.3, 0.4) is 0 Å². The third-order valence-corrected chi connectivity index (χ3v) is 3.44. The zero-order valence-electron chi connectivity index (χ0n) is 12.1. The van der Waals surface area contributed by atoms with Gasteiger partial charge in [-0.05, 0) is 6.92 Å². The van der Waals surface area contributed by atoms with Crippen molar-refractivity contribution in [3.8, 4) is 5.88 Å². The van der Waals surface area contributed by atoms with E-state index in [0.29, 0.717) is 30.4 Å². The molecule has 0 saturated carbocycles. The molecule has 0 radical (unpaired) electrons. The Kier molecular flexibility index (Phi) is 3.04. The van der Waals surface area contributed by atoms with Gasteiger partial charge in [-0.15, -0.1) is 0 Å². The molecule has 1 amide bonds. The van der Waals surface area contributed by atoms with Crippen molar-refractivity contribution in [2.45, 2.75) is 13.5 Å². The highest BCUT2D eigenvalue weighted by molar-refractivity contribution is 5.95. The predicted octanol–water partition coefficient (Wildman–Crippen LogP) is -0.951. The molecule has 2 aromatic rings.